The second-order valence-corrected chi connectivity index (χ2v) is 6.01. The summed E-state index contributed by atoms with van der Waals surface area (Å²) in [5, 5.41) is 10.9. The van der Waals surface area contributed by atoms with Gasteiger partial charge in [0.15, 0.2) is 0 Å². The standard InChI is InChI=1S/C18H20N4O2/c1-11(2)24-14-6-7-15(12(3)9-14)19-18(23)13-5-8-17-16(10-13)20-21-22(17)4/h5-11H,1-4H3,(H,19,23). The van der Waals surface area contributed by atoms with Crippen molar-refractivity contribution in [2.24, 2.45) is 7.05 Å². The van der Waals surface area contributed by atoms with Gasteiger partial charge in [-0.2, -0.15) is 0 Å². The number of rotatable bonds is 4. The second kappa shape index (κ2) is 6.31. The van der Waals surface area contributed by atoms with E-state index in [4.69, 9.17) is 4.74 Å². The molecule has 1 amide bonds. The summed E-state index contributed by atoms with van der Waals surface area (Å²) in [5.74, 6) is 0.615. The number of fused-ring (bicyclic) bond motifs is 1. The minimum absolute atomic E-state index is 0.114. The Labute approximate surface area is 140 Å². The number of carbonyl (C=O) groups excluding carboxylic acids is 1. The second-order valence-electron chi connectivity index (χ2n) is 6.01. The SMILES string of the molecule is Cc1cc(OC(C)C)ccc1NC(=O)c1ccc2c(c1)nnn2C. The van der Waals surface area contributed by atoms with E-state index < -0.39 is 0 Å². The summed E-state index contributed by atoms with van der Waals surface area (Å²) in [6.07, 6.45) is 0.114. The van der Waals surface area contributed by atoms with E-state index in [9.17, 15) is 4.79 Å². The minimum Gasteiger partial charge on any atom is -0.491 e. The van der Waals surface area contributed by atoms with Gasteiger partial charge in [0.1, 0.15) is 11.3 Å². The lowest BCUT2D eigenvalue weighted by Crippen LogP contribution is -2.13. The number of carbonyl (C=O) groups is 1. The molecule has 0 bridgehead atoms. The number of hydrogen-bond acceptors (Lipinski definition) is 4. The van der Waals surface area contributed by atoms with Crippen molar-refractivity contribution < 1.29 is 9.53 Å². The molecule has 1 heterocycles. The summed E-state index contributed by atoms with van der Waals surface area (Å²) < 4.78 is 7.34. The van der Waals surface area contributed by atoms with E-state index in [1.807, 2.05) is 52.1 Å². The summed E-state index contributed by atoms with van der Waals surface area (Å²) in [6, 6.07) is 11.0. The lowest BCUT2D eigenvalue weighted by atomic mass is 10.1. The van der Waals surface area contributed by atoms with Crippen LogP contribution in [0.15, 0.2) is 36.4 Å². The third-order valence-corrected chi connectivity index (χ3v) is 3.69. The molecule has 0 fully saturated rings. The summed E-state index contributed by atoms with van der Waals surface area (Å²) >= 11 is 0. The summed E-state index contributed by atoms with van der Waals surface area (Å²) in [6.45, 7) is 5.90. The van der Waals surface area contributed by atoms with Crippen LogP contribution in [0.1, 0.15) is 29.8 Å². The van der Waals surface area contributed by atoms with Crippen LogP contribution < -0.4 is 10.1 Å². The Balaban J connectivity index is 1.80. The zero-order valence-electron chi connectivity index (χ0n) is 14.2. The lowest BCUT2D eigenvalue weighted by Gasteiger charge is -2.13. The van der Waals surface area contributed by atoms with Crippen LogP contribution in [0.3, 0.4) is 0 Å². The highest BCUT2D eigenvalue weighted by Gasteiger charge is 2.11. The first-order valence-corrected chi connectivity index (χ1v) is 7.82. The molecule has 124 valence electrons. The quantitative estimate of drug-likeness (QED) is 0.799. The molecule has 1 aromatic heterocycles. The molecule has 24 heavy (non-hydrogen) atoms. The van der Waals surface area contributed by atoms with E-state index in [1.54, 1.807) is 16.8 Å². The van der Waals surface area contributed by atoms with Gasteiger partial charge >= 0.3 is 0 Å². The fourth-order valence-electron chi connectivity index (χ4n) is 2.50. The van der Waals surface area contributed by atoms with Crippen LogP contribution in [-0.2, 0) is 7.05 Å². The van der Waals surface area contributed by atoms with Gasteiger partial charge in [0.25, 0.3) is 5.91 Å². The molecule has 6 nitrogen and oxygen atoms in total. The predicted octanol–water partition coefficient (Wildman–Crippen LogP) is 3.32. The largest absolute Gasteiger partial charge is 0.491 e. The summed E-state index contributed by atoms with van der Waals surface area (Å²) in [5.41, 5.74) is 3.84. The molecule has 3 aromatic rings. The first kappa shape index (κ1) is 16.0. The van der Waals surface area contributed by atoms with Gasteiger partial charge in [0, 0.05) is 18.3 Å². The Morgan fingerprint density at radius 2 is 2.00 bits per heavy atom. The number of hydrogen-bond donors (Lipinski definition) is 1. The van der Waals surface area contributed by atoms with E-state index in [1.165, 1.54) is 0 Å². The van der Waals surface area contributed by atoms with Crippen LogP contribution in [0.2, 0.25) is 0 Å². The molecular weight excluding hydrogens is 304 g/mol. The van der Waals surface area contributed by atoms with Crippen LogP contribution in [0.25, 0.3) is 11.0 Å². The molecular formula is C18H20N4O2. The van der Waals surface area contributed by atoms with Crippen molar-refractivity contribution >= 4 is 22.6 Å². The first-order chi connectivity index (χ1) is 11.4. The van der Waals surface area contributed by atoms with Crippen LogP contribution in [0, 0.1) is 6.92 Å². The molecule has 0 saturated carbocycles. The number of ether oxygens (including phenoxy) is 1. The lowest BCUT2D eigenvalue weighted by molar-refractivity contribution is 0.102. The molecule has 3 rings (SSSR count). The van der Waals surface area contributed by atoms with Gasteiger partial charge in [-0.05, 0) is 62.7 Å². The van der Waals surface area contributed by atoms with Crippen molar-refractivity contribution in [1.82, 2.24) is 15.0 Å². The van der Waals surface area contributed by atoms with Gasteiger partial charge in [-0.3, -0.25) is 4.79 Å². The molecule has 0 aliphatic rings. The molecule has 2 aromatic carbocycles. The maximum Gasteiger partial charge on any atom is 0.255 e. The molecule has 0 atom stereocenters. The van der Waals surface area contributed by atoms with Gasteiger partial charge in [-0.1, -0.05) is 5.21 Å². The van der Waals surface area contributed by atoms with E-state index in [2.05, 4.69) is 15.6 Å². The Kier molecular flexibility index (Phi) is 4.20. The molecule has 0 spiro atoms. The predicted molar refractivity (Wildman–Crippen MR) is 93.4 cm³/mol. The van der Waals surface area contributed by atoms with Crippen molar-refractivity contribution in [2.45, 2.75) is 26.9 Å². The summed E-state index contributed by atoms with van der Waals surface area (Å²) in [4.78, 5) is 12.5. The third kappa shape index (κ3) is 3.22. The maximum absolute atomic E-state index is 12.5. The van der Waals surface area contributed by atoms with Gasteiger partial charge in [-0.15, -0.1) is 5.10 Å². The van der Waals surface area contributed by atoms with E-state index in [-0.39, 0.29) is 12.0 Å². The maximum atomic E-state index is 12.5. The number of benzene rings is 2. The topological polar surface area (TPSA) is 69.0 Å². The van der Waals surface area contributed by atoms with Crippen molar-refractivity contribution in [3.63, 3.8) is 0 Å². The highest BCUT2D eigenvalue weighted by atomic mass is 16.5. The number of nitrogens with zero attached hydrogens (tertiary/aromatic N) is 3. The number of aromatic nitrogens is 3. The highest BCUT2D eigenvalue weighted by Crippen LogP contribution is 2.23. The number of aryl methyl sites for hydroxylation is 2. The molecule has 0 aliphatic heterocycles. The number of nitrogens with one attached hydrogen (secondary N) is 1. The summed E-state index contributed by atoms with van der Waals surface area (Å²) in [7, 11) is 1.82. The Morgan fingerprint density at radius 1 is 1.21 bits per heavy atom. The monoisotopic (exact) mass is 324 g/mol. The van der Waals surface area contributed by atoms with Gasteiger partial charge in [-0.25, -0.2) is 4.68 Å². The zero-order valence-corrected chi connectivity index (χ0v) is 14.2. The van der Waals surface area contributed by atoms with Crippen molar-refractivity contribution in [3.8, 4) is 5.75 Å². The van der Waals surface area contributed by atoms with Crippen LogP contribution >= 0.6 is 0 Å². The van der Waals surface area contributed by atoms with E-state index in [0.717, 1.165) is 22.5 Å². The van der Waals surface area contributed by atoms with Crippen LogP contribution in [-0.4, -0.2) is 27.0 Å². The molecule has 1 N–H and O–H groups in total. The Morgan fingerprint density at radius 3 is 2.71 bits per heavy atom. The third-order valence-electron chi connectivity index (χ3n) is 3.69. The van der Waals surface area contributed by atoms with Gasteiger partial charge in [0.05, 0.1) is 11.6 Å². The van der Waals surface area contributed by atoms with Crippen molar-refractivity contribution in [3.05, 3.63) is 47.5 Å². The number of anilines is 1. The molecule has 0 saturated heterocycles. The fourth-order valence-corrected chi connectivity index (χ4v) is 2.50. The number of amides is 1. The Bertz CT molecular complexity index is 899. The fraction of sp³-hybridized carbons (Fsp3) is 0.278. The van der Waals surface area contributed by atoms with Crippen LogP contribution in [0.4, 0.5) is 5.69 Å². The molecule has 0 aliphatic carbocycles. The molecule has 0 unspecified atom stereocenters. The normalized spacial score (nSPS) is 11.0. The van der Waals surface area contributed by atoms with Crippen LogP contribution in [0.5, 0.6) is 5.75 Å². The zero-order chi connectivity index (χ0) is 17.3. The highest BCUT2D eigenvalue weighted by molar-refractivity contribution is 6.06. The average Bonchev–Trinajstić information content (AvgIpc) is 2.90. The smallest absolute Gasteiger partial charge is 0.255 e. The van der Waals surface area contributed by atoms with Crippen molar-refractivity contribution in [1.29, 1.82) is 0 Å². The molecule has 0 radical (unpaired) electrons. The van der Waals surface area contributed by atoms with Crippen molar-refractivity contribution in [2.75, 3.05) is 5.32 Å². The minimum atomic E-state index is -0.178. The van der Waals surface area contributed by atoms with Gasteiger partial charge < -0.3 is 10.1 Å². The van der Waals surface area contributed by atoms with E-state index >= 15 is 0 Å². The first-order valence-electron chi connectivity index (χ1n) is 7.82. The molecule has 6 heteroatoms. The van der Waals surface area contributed by atoms with E-state index in [0.29, 0.717) is 11.1 Å². The Hall–Kier alpha value is -2.89. The van der Waals surface area contributed by atoms with Gasteiger partial charge in [0.2, 0.25) is 0 Å². The average molecular weight is 324 g/mol.